The minimum Gasteiger partial charge on any atom is -0.479 e. The lowest BCUT2D eigenvalue weighted by Crippen LogP contribution is -2.43. The fourth-order valence-electron chi connectivity index (χ4n) is 1.97. The molecule has 6 nitrogen and oxygen atoms in total. The molecule has 2 rings (SSSR count). The summed E-state index contributed by atoms with van der Waals surface area (Å²) in [6.45, 7) is 7.09. The number of amides is 1. The normalized spacial score (nSPS) is 16.4. The van der Waals surface area contributed by atoms with Crippen molar-refractivity contribution in [2.45, 2.75) is 58.2 Å². The molecule has 7 heteroatoms. The van der Waals surface area contributed by atoms with Crippen molar-refractivity contribution in [2.24, 2.45) is 0 Å². The maximum absolute atomic E-state index is 12.4. The lowest BCUT2D eigenvalue weighted by atomic mass is 10.2. The number of carbonyl (C=O) groups excluding carboxylic acids is 1. The van der Waals surface area contributed by atoms with Crippen molar-refractivity contribution in [1.82, 2.24) is 9.88 Å². The van der Waals surface area contributed by atoms with E-state index in [0.717, 1.165) is 18.5 Å². The Bertz CT molecular complexity index is 545. The van der Waals surface area contributed by atoms with Gasteiger partial charge in [-0.2, -0.15) is 0 Å². The van der Waals surface area contributed by atoms with E-state index < -0.39 is 23.7 Å². The highest BCUT2D eigenvalue weighted by Crippen LogP contribution is 2.36. The van der Waals surface area contributed by atoms with Gasteiger partial charge in [-0.05, 0) is 40.5 Å². The minimum atomic E-state index is -1.08. The van der Waals surface area contributed by atoms with Crippen molar-refractivity contribution in [1.29, 1.82) is 0 Å². The predicted octanol–water partition coefficient (Wildman–Crippen LogP) is 2.98. The van der Waals surface area contributed by atoms with Crippen LogP contribution in [0.2, 0.25) is 0 Å². The van der Waals surface area contributed by atoms with Crippen LogP contribution >= 0.6 is 11.3 Å². The Labute approximate surface area is 127 Å². The Kier molecular flexibility index (Phi) is 4.22. The Hall–Kier alpha value is -1.63. The van der Waals surface area contributed by atoms with E-state index in [9.17, 15) is 14.7 Å². The average molecular weight is 312 g/mol. The van der Waals surface area contributed by atoms with E-state index in [4.69, 9.17) is 4.74 Å². The van der Waals surface area contributed by atoms with Gasteiger partial charge in [-0.1, -0.05) is 0 Å². The van der Waals surface area contributed by atoms with Gasteiger partial charge in [0.15, 0.2) is 6.04 Å². The first-order valence-electron chi connectivity index (χ1n) is 6.85. The minimum absolute atomic E-state index is 0.0786. The SMILES string of the molecule is Cc1csc(C(C(=O)O)N(C(=O)OC(C)(C)C)C2CC2)n1. The number of carbonyl (C=O) groups is 2. The van der Waals surface area contributed by atoms with Crippen molar-refractivity contribution in [3.63, 3.8) is 0 Å². The number of hydrogen-bond donors (Lipinski definition) is 1. The zero-order valence-corrected chi connectivity index (χ0v) is 13.4. The zero-order valence-electron chi connectivity index (χ0n) is 12.6. The van der Waals surface area contributed by atoms with E-state index in [1.807, 2.05) is 0 Å². The van der Waals surface area contributed by atoms with Crippen LogP contribution in [0.5, 0.6) is 0 Å². The van der Waals surface area contributed by atoms with Crippen LogP contribution in [0, 0.1) is 6.92 Å². The molecule has 0 radical (unpaired) electrons. The van der Waals surface area contributed by atoms with Gasteiger partial charge in [0.05, 0.1) is 0 Å². The van der Waals surface area contributed by atoms with E-state index in [0.29, 0.717) is 5.01 Å². The molecule has 116 valence electrons. The molecule has 0 saturated heterocycles. The molecule has 0 bridgehead atoms. The van der Waals surface area contributed by atoms with Gasteiger partial charge in [0, 0.05) is 17.1 Å². The number of nitrogens with zero attached hydrogens (tertiary/aromatic N) is 2. The lowest BCUT2D eigenvalue weighted by Gasteiger charge is -2.30. The number of ether oxygens (including phenoxy) is 1. The number of rotatable bonds is 4. The van der Waals surface area contributed by atoms with Crippen molar-refractivity contribution < 1.29 is 19.4 Å². The number of carboxylic acid groups (broad SMARTS) is 1. The number of carboxylic acids is 1. The molecule has 1 aliphatic rings. The zero-order chi connectivity index (χ0) is 15.8. The van der Waals surface area contributed by atoms with E-state index in [1.165, 1.54) is 16.2 Å². The molecular weight excluding hydrogens is 292 g/mol. The van der Waals surface area contributed by atoms with Crippen molar-refractivity contribution in [3.05, 3.63) is 16.1 Å². The number of aliphatic carboxylic acids is 1. The van der Waals surface area contributed by atoms with Crippen LogP contribution in [-0.4, -0.2) is 38.7 Å². The maximum atomic E-state index is 12.4. The molecule has 1 fully saturated rings. The third-order valence-corrected chi connectivity index (χ3v) is 3.94. The van der Waals surface area contributed by atoms with Crippen molar-refractivity contribution >= 4 is 23.4 Å². The van der Waals surface area contributed by atoms with Gasteiger partial charge in [0.1, 0.15) is 10.6 Å². The van der Waals surface area contributed by atoms with Crippen LogP contribution in [0.15, 0.2) is 5.38 Å². The molecule has 21 heavy (non-hydrogen) atoms. The number of hydrogen-bond acceptors (Lipinski definition) is 5. The van der Waals surface area contributed by atoms with Crippen molar-refractivity contribution in [3.8, 4) is 0 Å². The van der Waals surface area contributed by atoms with Gasteiger partial charge in [-0.15, -0.1) is 11.3 Å². The lowest BCUT2D eigenvalue weighted by molar-refractivity contribution is -0.143. The largest absolute Gasteiger partial charge is 0.479 e. The molecular formula is C14H20N2O4S. The van der Waals surface area contributed by atoms with E-state index in [1.54, 1.807) is 33.1 Å². The number of thiazole rings is 1. The van der Waals surface area contributed by atoms with Crippen LogP contribution in [-0.2, 0) is 9.53 Å². The Morgan fingerprint density at radius 1 is 1.48 bits per heavy atom. The molecule has 1 aromatic heterocycles. The predicted molar refractivity (Wildman–Crippen MR) is 78.3 cm³/mol. The molecule has 0 aliphatic heterocycles. The van der Waals surface area contributed by atoms with Gasteiger partial charge in [0.2, 0.25) is 0 Å². The summed E-state index contributed by atoms with van der Waals surface area (Å²) in [4.78, 5) is 29.6. The summed E-state index contributed by atoms with van der Waals surface area (Å²) in [5.74, 6) is -1.08. The molecule has 1 aliphatic carbocycles. The summed E-state index contributed by atoms with van der Waals surface area (Å²) < 4.78 is 5.36. The maximum Gasteiger partial charge on any atom is 0.411 e. The summed E-state index contributed by atoms with van der Waals surface area (Å²) in [5, 5.41) is 11.7. The van der Waals surface area contributed by atoms with Gasteiger partial charge >= 0.3 is 12.1 Å². The standard InChI is InChI=1S/C14H20N2O4S/c1-8-7-21-11(15-8)10(12(17)18)16(9-5-6-9)13(19)20-14(2,3)4/h7,9-10H,5-6H2,1-4H3,(H,17,18). The van der Waals surface area contributed by atoms with Gasteiger partial charge in [-0.25, -0.2) is 14.6 Å². The smallest absolute Gasteiger partial charge is 0.411 e. The highest BCUT2D eigenvalue weighted by molar-refractivity contribution is 7.09. The topological polar surface area (TPSA) is 79.7 Å². The highest BCUT2D eigenvalue weighted by atomic mass is 32.1. The number of aryl methyl sites for hydroxylation is 1. The number of aromatic nitrogens is 1. The summed E-state index contributed by atoms with van der Waals surface area (Å²) in [6, 6.07) is -1.16. The molecule has 1 unspecified atom stereocenters. The molecule has 1 atom stereocenters. The summed E-state index contributed by atoms with van der Waals surface area (Å²) >= 11 is 1.25. The second-order valence-electron chi connectivity index (χ2n) is 6.19. The molecule has 1 heterocycles. The van der Waals surface area contributed by atoms with E-state index >= 15 is 0 Å². The second-order valence-corrected chi connectivity index (χ2v) is 7.08. The summed E-state index contributed by atoms with van der Waals surface area (Å²) in [5.41, 5.74) is 0.0905. The van der Waals surface area contributed by atoms with Crippen molar-refractivity contribution in [2.75, 3.05) is 0 Å². The Morgan fingerprint density at radius 2 is 2.10 bits per heavy atom. The molecule has 1 saturated carbocycles. The monoisotopic (exact) mass is 312 g/mol. The first-order valence-corrected chi connectivity index (χ1v) is 7.73. The average Bonchev–Trinajstić information content (AvgIpc) is 3.05. The first kappa shape index (κ1) is 15.8. The third kappa shape index (κ3) is 3.93. The van der Waals surface area contributed by atoms with Gasteiger partial charge in [-0.3, -0.25) is 4.90 Å². The Morgan fingerprint density at radius 3 is 2.48 bits per heavy atom. The second kappa shape index (κ2) is 5.63. The van der Waals surface area contributed by atoms with Crippen LogP contribution < -0.4 is 0 Å². The van der Waals surface area contributed by atoms with Crippen LogP contribution in [0.4, 0.5) is 4.79 Å². The highest BCUT2D eigenvalue weighted by Gasteiger charge is 2.44. The molecule has 1 amide bonds. The van der Waals surface area contributed by atoms with Crippen LogP contribution in [0.25, 0.3) is 0 Å². The molecule has 1 aromatic rings. The molecule has 0 spiro atoms. The van der Waals surface area contributed by atoms with Crippen LogP contribution in [0.3, 0.4) is 0 Å². The molecule has 1 N–H and O–H groups in total. The van der Waals surface area contributed by atoms with Gasteiger partial charge in [0.25, 0.3) is 0 Å². The van der Waals surface area contributed by atoms with Crippen LogP contribution in [0.1, 0.15) is 50.4 Å². The quantitative estimate of drug-likeness (QED) is 0.924. The fraction of sp³-hybridized carbons (Fsp3) is 0.643. The summed E-state index contributed by atoms with van der Waals surface area (Å²) in [6.07, 6.45) is 1.01. The van der Waals surface area contributed by atoms with E-state index in [-0.39, 0.29) is 6.04 Å². The third-order valence-electron chi connectivity index (χ3n) is 2.93. The van der Waals surface area contributed by atoms with Gasteiger partial charge < -0.3 is 9.84 Å². The fourth-order valence-corrected chi connectivity index (χ4v) is 2.86. The molecule has 0 aromatic carbocycles. The van der Waals surface area contributed by atoms with E-state index in [2.05, 4.69) is 4.98 Å². The first-order chi connectivity index (χ1) is 9.69. The summed E-state index contributed by atoms with van der Waals surface area (Å²) in [7, 11) is 0. The Balaban J connectivity index is 2.30.